The molecule has 1 atom stereocenters. The van der Waals surface area contributed by atoms with Crippen LogP contribution >= 0.6 is 0 Å². The summed E-state index contributed by atoms with van der Waals surface area (Å²) in [6.45, 7) is 5.02. The van der Waals surface area contributed by atoms with Gasteiger partial charge in [-0.05, 0) is 50.5 Å². The number of nitrogens with zero attached hydrogens (tertiary/aromatic N) is 1. The maximum absolute atomic E-state index is 12.3. The molecule has 124 valence electrons. The van der Waals surface area contributed by atoms with Crippen LogP contribution in [0.5, 0.6) is 5.75 Å². The number of amides is 2. The maximum Gasteiger partial charge on any atom is 0.246 e. The molecule has 1 aliphatic heterocycles. The van der Waals surface area contributed by atoms with Crippen LogP contribution < -0.4 is 10.5 Å². The van der Waals surface area contributed by atoms with Crippen molar-refractivity contribution in [1.82, 2.24) is 4.90 Å². The fourth-order valence-electron chi connectivity index (χ4n) is 2.65. The standard InChI is InChI=1S/C18H24N2O3/c1-13(2)23-16-7-3-5-14(11-16)8-9-17(21)20-10-4-6-15(12-20)18(19)22/h3,5,7-9,11,13,15H,4,6,10,12H2,1-2H3,(H2,19,22)/b9-8+. The SMILES string of the molecule is CC(C)Oc1cccc(/C=C/C(=O)N2CCCC(C(N)=O)C2)c1. The monoisotopic (exact) mass is 316 g/mol. The number of rotatable bonds is 5. The zero-order valence-corrected chi connectivity index (χ0v) is 13.7. The molecule has 0 bridgehead atoms. The Balaban J connectivity index is 1.99. The summed E-state index contributed by atoms with van der Waals surface area (Å²) in [5, 5.41) is 0. The first-order valence-electron chi connectivity index (χ1n) is 7.98. The van der Waals surface area contributed by atoms with Crippen molar-refractivity contribution >= 4 is 17.9 Å². The maximum atomic E-state index is 12.3. The highest BCUT2D eigenvalue weighted by molar-refractivity contribution is 5.92. The second-order valence-electron chi connectivity index (χ2n) is 6.10. The van der Waals surface area contributed by atoms with Gasteiger partial charge in [0.25, 0.3) is 0 Å². The number of carbonyl (C=O) groups is 2. The Morgan fingerprint density at radius 2 is 2.17 bits per heavy atom. The molecule has 0 radical (unpaired) electrons. The van der Waals surface area contributed by atoms with Crippen LogP contribution in [-0.4, -0.2) is 35.9 Å². The molecule has 1 aliphatic rings. The van der Waals surface area contributed by atoms with E-state index in [4.69, 9.17) is 10.5 Å². The summed E-state index contributed by atoms with van der Waals surface area (Å²) in [7, 11) is 0. The normalized spacial score (nSPS) is 18.4. The summed E-state index contributed by atoms with van der Waals surface area (Å²) in [4.78, 5) is 25.2. The van der Waals surface area contributed by atoms with Gasteiger partial charge in [-0.3, -0.25) is 9.59 Å². The van der Waals surface area contributed by atoms with Crippen molar-refractivity contribution in [1.29, 1.82) is 0 Å². The molecule has 1 unspecified atom stereocenters. The van der Waals surface area contributed by atoms with Gasteiger partial charge in [0, 0.05) is 19.2 Å². The van der Waals surface area contributed by atoms with Crippen molar-refractivity contribution in [3.63, 3.8) is 0 Å². The topological polar surface area (TPSA) is 72.6 Å². The minimum absolute atomic E-state index is 0.0915. The highest BCUT2D eigenvalue weighted by atomic mass is 16.5. The van der Waals surface area contributed by atoms with Crippen molar-refractivity contribution in [2.24, 2.45) is 11.7 Å². The molecule has 0 aromatic heterocycles. The van der Waals surface area contributed by atoms with Crippen LogP contribution in [-0.2, 0) is 9.59 Å². The first kappa shape index (κ1) is 17.1. The van der Waals surface area contributed by atoms with Crippen molar-refractivity contribution in [2.75, 3.05) is 13.1 Å². The van der Waals surface area contributed by atoms with Crippen molar-refractivity contribution in [3.05, 3.63) is 35.9 Å². The Bertz CT molecular complexity index is 596. The van der Waals surface area contributed by atoms with Crippen molar-refractivity contribution < 1.29 is 14.3 Å². The van der Waals surface area contributed by atoms with Crippen LogP contribution in [0.3, 0.4) is 0 Å². The largest absolute Gasteiger partial charge is 0.491 e. The van der Waals surface area contributed by atoms with Crippen LogP contribution in [0.2, 0.25) is 0 Å². The molecule has 5 nitrogen and oxygen atoms in total. The van der Waals surface area contributed by atoms with Crippen molar-refractivity contribution in [3.8, 4) is 5.75 Å². The molecule has 23 heavy (non-hydrogen) atoms. The molecule has 1 heterocycles. The number of benzene rings is 1. The van der Waals surface area contributed by atoms with Gasteiger partial charge in [0.1, 0.15) is 5.75 Å². The number of nitrogens with two attached hydrogens (primary N) is 1. The van der Waals surface area contributed by atoms with Gasteiger partial charge in [0.05, 0.1) is 12.0 Å². The molecule has 0 aliphatic carbocycles. The van der Waals surface area contributed by atoms with Gasteiger partial charge in [-0.15, -0.1) is 0 Å². The zero-order valence-electron chi connectivity index (χ0n) is 13.7. The summed E-state index contributed by atoms with van der Waals surface area (Å²) in [6.07, 6.45) is 4.98. The lowest BCUT2D eigenvalue weighted by atomic mass is 9.97. The smallest absolute Gasteiger partial charge is 0.246 e. The predicted molar refractivity (Wildman–Crippen MR) is 89.7 cm³/mol. The van der Waals surface area contributed by atoms with Crippen LogP contribution in [0.1, 0.15) is 32.3 Å². The van der Waals surface area contributed by atoms with Gasteiger partial charge < -0.3 is 15.4 Å². The van der Waals surface area contributed by atoms with Crippen LogP contribution in [0.15, 0.2) is 30.3 Å². The number of primary amides is 1. The molecule has 2 amide bonds. The molecule has 1 fully saturated rings. The van der Waals surface area contributed by atoms with E-state index in [0.717, 1.165) is 24.2 Å². The summed E-state index contributed by atoms with van der Waals surface area (Å²) < 4.78 is 5.64. The van der Waals surface area contributed by atoms with Crippen LogP contribution in [0.4, 0.5) is 0 Å². The van der Waals surface area contributed by atoms with Gasteiger partial charge in [0.15, 0.2) is 0 Å². The Labute approximate surface area is 137 Å². The third-order valence-electron chi connectivity index (χ3n) is 3.78. The van der Waals surface area contributed by atoms with Gasteiger partial charge in [-0.2, -0.15) is 0 Å². The average molecular weight is 316 g/mol. The molecule has 5 heteroatoms. The number of carbonyl (C=O) groups excluding carboxylic acids is 2. The van der Waals surface area contributed by atoms with E-state index in [-0.39, 0.29) is 23.8 Å². The van der Waals surface area contributed by atoms with Crippen LogP contribution in [0.25, 0.3) is 6.08 Å². The van der Waals surface area contributed by atoms with E-state index >= 15 is 0 Å². The predicted octanol–water partition coefficient (Wildman–Crippen LogP) is 2.21. The highest BCUT2D eigenvalue weighted by Gasteiger charge is 2.25. The quantitative estimate of drug-likeness (QED) is 0.847. The Kier molecular flexibility index (Phi) is 5.79. The molecule has 2 rings (SSSR count). The number of likely N-dealkylation sites (tertiary alicyclic amines) is 1. The van der Waals surface area contributed by atoms with Gasteiger partial charge in [-0.25, -0.2) is 0 Å². The van der Waals surface area contributed by atoms with E-state index in [1.807, 2.05) is 38.1 Å². The number of hydrogen-bond acceptors (Lipinski definition) is 3. The number of ether oxygens (including phenoxy) is 1. The fourth-order valence-corrected chi connectivity index (χ4v) is 2.65. The molecule has 0 spiro atoms. The summed E-state index contributed by atoms with van der Waals surface area (Å²) in [5.74, 6) is 0.126. The second kappa shape index (κ2) is 7.81. The Morgan fingerprint density at radius 3 is 2.87 bits per heavy atom. The van der Waals surface area contributed by atoms with E-state index in [9.17, 15) is 9.59 Å². The van der Waals surface area contributed by atoms with E-state index in [0.29, 0.717) is 13.1 Å². The molecule has 2 N–H and O–H groups in total. The Morgan fingerprint density at radius 1 is 1.39 bits per heavy atom. The molecule has 1 aromatic rings. The molecular formula is C18H24N2O3. The van der Waals surface area contributed by atoms with E-state index in [1.54, 1.807) is 11.0 Å². The summed E-state index contributed by atoms with van der Waals surface area (Å²) >= 11 is 0. The van der Waals surface area contributed by atoms with Crippen LogP contribution in [0, 0.1) is 5.92 Å². The molecule has 0 saturated carbocycles. The molecule has 1 aromatic carbocycles. The van der Waals surface area contributed by atoms with Crippen molar-refractivity contribution in [2.45, 2.75) is 32.8 Å². The first-order valence-corrected chi connectivity index (χ1v) is 7.98. The summed E-state index contributed by atoms with van der Waals surface area (Å²) in [6, 6.07) is 7.60. The lowest BCUT2D eigenvalue weighted by molar-refractivity contribution is -0.130. The third-order valence-corrected chi connectivity index (χ3v) is 3.78. The number of hydrogen-bond donors (Lipinski definition) is 1. The molecule has 1 saturated heterocycles. The number of piperidine rings is 1. The Hall–Kier alpha value is -2.30. The fraction of sp³-hybridized carbons (Fsp3) is 0.444. The third kappa shape index (κ3) is 5.13. The van der Waals surface area contributed by atoms with Gasteiger partial charge >= 0.3 is 0 Å². The van der Waals surface area contributed by atoms with E-state index in [1.165, 1.54) is 6.08 Å². The second-order valence-corrected chi connectivity index (χ2v) is 6.10. The zero-order chi connectivity index (χ0) is 16.8. The summed E-state index contributed by atoms with van der Waals surface area (Å²) in [5.41, 5.74) is 6.24. The minimum Gasteiger partial charge on any atom is -0.491 e. The van der Waals surface area contributed by atoms with E-state index in [2.05, 4.69) is 0 Å². The first-order chi connectivity index (χ1) is 11.0. The minimum atomic E-state index is -0.329. The average Bonchev–Trinajstić information content (AvgIpc) is 2.52. The van der Waals surface area contributed by atoms with E-state index < -0.39 is 0 Å². The highest BCUT2D eigenvalue weighted by Crippen LogP contribution is 2.18. The van der Waals surface area contributed by atoms with Gasteiger partial charge in [0.2, 0.25) is 11.8 Å². The molecular weight excluding hydrogens is 292 g/mol. The van der Waals surface area contributed by atoms with Gasteiger partial charge in [-0.1, -0.05) is 12.1 Å². The lowest BCUT2D eigenvalue weighted by Gasteiger charge is -2.30. The lowest BCUT2D eigenvalue weighted by Crippen LogP contribution is -2.43.